The number of para-hydroxylation sites is 1. The van der Waals surface area contributed by atoms with E-state index in [1.807, 2.05) is 0 Å². The lowest BCUT2D eigenvalue weighted by Crippen LogP contribution is -2.45. The minimum atomic E-state index is -0.874. The predicted octanol–water partition coefficient (Wildman–Crippen LogP) is 3.93. The van der Waals surface area contributed by atoms with Crippen molar-refractivity contribution in [3.63, 3.8) is 0 Å². The summed E-state index contributed by atoms with van der Waals surface area (Å²) in [6.07, 6.45) is 2.72. The van der Waals surface area contributed by atoms with Crippen LogP contribution in [0, 0.1) is 6.92 Å². The van der Waals surface area contributed by atoms with Gasteiger partial charge in [-0.3, -0.25) is 14.4 Å². The van der Waals surface area contributed by atoms with Crippen molar-refractivity contribution in [2.24, 2.45) is 5.10 Å². The molecule has 3 aromatic rings. The lowest BCUT2D eigenvalue weighted by molar-refractivity contribution is -0.118. The molecule has 0 spiro atoms. The molecule has 3 amide bonds. The standard InChI is InChI=1S/C22H16ClN3O4/c1-13-14(10-11-30-13)20(27)25-24-12-17-15-6-2-3-7-16(15)21(28)26(22(17)29)19-9-5-4-8-18(19)23/h2-12,17H,1H3,(H,25,27). The first kappa shape index (κ1) is 19.6. The van der Waals surface area contributed by atoms with Gasteiger partial charge in [0.1, 0.15) is 11.7 Å². The first-order valence-corrected chi connectivity index (χ1v) is 9.46. The molecule has 1 N–H and O–H groups in total. The fraction of sp³-hybridized carbons (Fsp3) is 0.0909. The largest absolute Gasteiger partial charge is 0.469 e. The number of halogens is 1. The Labute approximate surface area is 176 Å². The van der Waals surface area contributed by atoms with Crippen LogP contribution < -0.4 is 10.3 Å². The normalized spacial score (nSPS) is 16.1. The van der Waals surface area contributed by atoms with Crippen LogP contribution in [0.3, 0.4) is 0 Å². The van der Waals surface area contributed by atoms with E-state index in [0.29, 0.717) is 28.1 Å². The zero-order valence-electron chi connectivity index (χ0n) is 15.8. The monoisotopic (exact) mass is 421 g/mol. The summed E-state index contributed by atoms with van der Waals surface area (Å²) in [4.78, 5) is 39.5. The summed E-state index contributed by atoms with van der Waals surface area (Å²) in [6, 6.07) is 14.9. The maximum atomic E-state index is 13.2. The molecule has 0 radical (unpaired) electrons. The highest BCUT2D eigenvalue weighted by Crippen LogP contribution is 2.35. The molecule has 2 heterocycles. The van der Waals surface area contributed by atoms with Gasteiger partial charge >= 0.3 is 0 Å². The molecule has 0 fully saturated rings. The summed E-state index contributed by atoms with van der Waals surface area (Å²) in [6.45, 7) is 1.66. The molecule has 7 nitrogen and oxygen atoms in total. The zero-order chi connectivity index (χ0) is 21.3. The van der Waals surface area contributed by atoms with Gasteiger partial charge in [0.15, 0.2) is 0 Å². The van der Waals surface area contributed by atoms with E-state index in [1.165, 1.54) is 18.5 Å². The van der Waals surface area contributed by atoms with E-state index in [0.717, 1.165) is 4.90 Å². The number of furan rings is 1. The highest BCUT2D eigenvalue weighted by Gasteiger charge is 2.39. The topological polar surface area (TPSA) is 92.0 Å². The number of hydrazone groups is 1. The van der Waals surface area contributed by atoms with Crippen molar-refractivity contribution in [3.05, 3.63) is 88.3 Å². The third-order valence-corrected chi connectivity index (χ3v) is 5.12. The first-order chi connectivity index (χ1) is 14.5. The van der Waals surface area contributed by atoms with Gasteiger partial charge in [-0.1, -0.05) is 41.9 Å². The number of imide groups is 1. The summed E-state index contributed by atoms with van der Waals surface area (Å²) in [7, 11) is 0. The fourth-order valence-corrected chi connectivity index (χ4v) is 3.53. The molecule has 0 saturated carbocycles. The van der Waals surface area contributed by atoms with Crippen LogP contribution in [0.1, 0.15) is 38.0 Å². The van der Waals surface area contributed by atoms with Crippen LogP contribution in [-0.2, 0) is 4.79 Å². The Balaban J connectivity index is 1.68. The second-order valence-electron chi connectivity index (χ2n) is 6.60. The molecule has 150 valence electrons. The Bertz CT molecular complexity index is 1180. The Kier molecular flexibility index (Phi) is 5.20. The molecule has 0 saturated heterocycles. The molecule has 4 rings (SSSR count). The molecule has 0 bridgehead atoms. The quantitative estimate of drug-likeness (QED) is 0.392. The smallest absolute Gasteiger partial charge is 0.274 e. The van der Waals surface area contributed by atoms with Crippen molar-refractivity contribution < 1.29 is 18.8 Å². The van der Waals surface area contributed by atoms with Gasteiger partial charge in [-0.2, -0.15) is 5.10 Å². The number of carbonyl (C=O) groups is 3. The van der Waals surface area contributed by atoms with Crippen LogP contribution in [0.2, 0.25) is 5.02 Å². The summed E-state index contributed by atoms with van der Waals surface area (Å²) in [5, 5.41) is 4.23. The Morgan fingerprint density at radius 3 is 2.60 bits per heavy atom. The zero-order valence-corrected chi connectivity index (χ0v) is 16.6. The number of hydrogen-bond donors (Lipinski definition) is 1. The van der Waals surface area contributed by atoms with Gasteiger partial charge in [0, 0.05) is 11.8 Å². The van der Waals surface area contributed by atoms with Gasteiger partial charge in [0.05, 0.1) is 22.5 Å². The number of fused-ring (bicyclic) bond motifs is 1. The van der Waals surface area contributed by atoms with Gasteiger partial charge in [0.2, 0.25) is 5.91 Å². The summed E-state index contributed by atoms with van der Waals surface area (Å²) in [5.41, 5.74) is 3.90. The fourth-order valence-electron chi connectivity index (χ4n) is 3.31. The van der Waals surface area contributed by atoms with Crippen molar-refractivity contribution in [3.8, 4) is 0 Å². The van der Waals surface area contributed by atoms with Gasteiger partial charge in [-0.05, 0) is 36.8 Å². The molecule has 1 unspecified atom stereocenters. The van der Waals surface area contributed by atoms with Crippen molar-refractivity contribution in [1.82, 2.24) is 5.43 Å². The van der Waals surface area contributed by atoms with E-state index in [2.05, 4.69) is 10.5 Å². The van der Waals surface area contributed by atoms with Crippen molar-refractivity contribution >= 4 is 41.2 Å². The van der Waals surface area contributed by atoms with Gasteiger partial charge in [0.25, 0.3) is 11.8 Å². The highest BCUT2D eigenvalue weighted by atomic mass is 35.5. The lowest BCUT2D eigenvalue weighted by Gasteiger charge is -2.31. The van der Waals surface area contributed by atoms with Gasteiger partial charge < -0.3 is 4.42 Å². The van der Waals surface area contributed by atoms with E-state index in [4.69, 9.17) is 16.0 Å². The van der Waals surface area contributed by atoms with Crippen molar-refractivity contribution in [2.75, 3.05) is 4.90 Å². The van der Waals surface area contributed by atoms with E-state index in [-0.39, 0.29) is 5.02 Å². The minimum Gasteiger partial charge on any atom is -0.469 e. The first-order valence-electron chi connectivity index (χ1n) is 9.08. The van der Waals surface area contributed by atoms with E-state index in [9.17, 15) is 14.4 Å². The van der Waals surface area contributed by atoms with Crippen molar-refractivity contribution in [2.45, 2.75) is 12.8 Å². The Hall–Kier alpha value is -3.71. The van der Waals surface area contributed by atoms with Crippen LogP contribution in [0.5, 0.6) is 0 Å². The predicted molar refractivity (Wildman–Crippen MR) is 112 cm³/mol. The SMILES string of the molecule is Cc1occc1C(=O)NN=CC1C(=O)N(c2ccccc2Cl)C(=O)c2ccccc21. The maximum absolute atomic E-state index is 13.2. The molecule has 1 aliphatic rings. The van der Waals surface area contributed by atoms with Gasteiger partial charge in [-0.15, -0.1) is 0 Å². The lowest BCUT2D eigenvalue weighted by atomic mass is 9.89. The third kappa shape index (κ3) is 3.40. The number of aryl methyl sites for hydroxylation is 1. The molecule has 1 aliphatic heterocycles. The molecular formula is C22H16ClN3O4. The van der Waals surface area contributed by atoms with Gasteiger partial charge in [-0.25, -0.2) is 10.3 Å². The van der Waals surface area contributed by atoms with Crippen LogP contribution in [0.25, 0.3) is 0 Å². The van der Waals surface area contributed by atoms with E-state index in [1.54, 1.807) is 55.5 Å². The van der Waals surface area contributed by atoms with E-state index >= 15 is 0 Å². The second-order valence-corrected chi connectivity index (χ2v) is 7.01. The number of anilines is 1. The number of rotatable bonds is 4. The van der Waals surface area contributed by atoms with Crippen LogP contribution >= 0.6 is 11.6 Å². The number of benzene rings is 2. The summed E-state index contributed by atoms with van der Waals surface area (Å²) >= 11 is 6.24. The average molecular weight is 422 g/mol. The molecule has 1 atom stereocenters. The van der Waals surface area contributed by atoms with Crippen LogP contribution in [0.4, 0.5) is 5.69 Å². The highest BCUT2D eigenvalue weighted by molar-refractivity contribution is 6.37. The third-order valence-electron chi connectivity index (χ3n) is 4.80. The number of nitrogens with one attached hydrogen (secondary N) is 1. The number of carbonyl (C=O) groups excluding carboxylic acids is 3. The Morgan fingerprint density at radius 1 is 1.13 bits per heavy atom. The molecule has 8 heteroatoms. The maximum Gasteiger partial charge on any atom is 0.274 e. The number of nitrogens with zero attached hydrogens (tertiary/aromatic N) is 2. The molecule has 30 heavy (non-hydrogen) atoms. The molecule has 2 aromatic carbocycles. The Morgan fingerprint density at radius 2 is 1.87 bits per heavy atom. The number of amides is 3. The minimum absolute atomic E-state index is 0.276. The number of hydrogen-bond acceptors (Lipinski definition) is 5. The second kappa shape index (κ2) is 7.96. The summed E-state index contributed by atoms with van der Waals surface area (Å²) < 4.78 is 5.11. The van der Waals surface area contributed by atoms with Crippen molar-refractivity contribution in [1.29, 1.82) is 0 Å². The van der Waals surface area contributed by atoms with Crippen LogP contribution in [0.15, 0.2) is 70.4 Å². The molecule has 1 aromatic heterocycles. The molecular weight excluding hydrogens is 406 g/mol. The van der Waals surface area contributed by atoms with E-state index < -0.39 is 23.6 Å². The average Bonchev–Trinajstić information content (AvgIpc) is 3.18. The summed E-state index contributed by atoms with van der Waals surface area (Å²) in [5.74, 6) is -1.86. The molecule has 0 aliphatic carbocycles. The van der Waals surface area contributed by atoms with Crippen LogP contribution in [-0.4, -0.2) is 23.9 Å².